The van der Waals surface area contributed by atoms with Gasteiger partial charge in [-0.15, -0.1) is 0 Å². The molecule has 254 valence electrons. The van der Waals surface area contributed by atoms with Crippen LogP contribution in [-0.4, -0.2) is 29.9 Å². The van der Waals surface area contributed by atoms with Crippen LogP contribution < -0.4 is 0 Å². The zero-order valence-corrected chi connectivity index (χ0v) is 29.2. The maximum atomic E-state index is 5.00. The number of aromatic nitrogens is 6. The van der Waals surface area contributed by atoms with Crippen LogP contribution >= 0.6 is 0 Å². The second-order valence-electron chi connectivity index (χ2n) is 12.9. The Morgan fingerprint density at radius 1 is 0.241 bits per heavy atom. The van der Waals surface area contributed by atoms with E-state index in [1.807, 2.05) is 60.7 Å². The zero-order chi connectivity index (χ0) is 36.1. The highest BCUT2D eigenvalue weighted by Crippen LogP contribution is 2.33. The lowest BCUT2D eigenvalue weighted by Gasteiger charge is -2.11. The van der Waals surface area contributed by atoms with Crippen LogP contribution in [0.15, 0.2) is 195 Å². The molecule has 9 aromatic rings. The van der Waals surface area contributed by atoms with Crippen molar-refractivity contribution < 1.29 is 0 Å². The van der Waals surface area contributed by atoms with Crippen molar-refractivity contribution in [1.29, 1.82) is 0 Å². The van der Waals surface area contributed by atoms with Gasteiger partial charge in [0.1, 0.15) is 0 Å². The lowest BCUT2D eigenvalue weighted by molar-refractivity contribution is 1.17. The summed E-state index contributed by atoms with van der Waals surface area (Å²) in [5.41, 5.74) is 13.7. The van der Waals surface area contributed by atoms with Crippen LogP contribution in [-0.2, 0) is 0 Å². The van der Waals surface area contributed by atoms with Crippen LogP contribution in [0, 0.1) is 0 Å². The van der Waals surface area contributed by atoms with Gasteiger partial charge in [0.2, 0.25) is 0 Å². The molecule has 0 bridgehead atoms. The normalized spacial score (nSPS) is 11.0. The highest BCUT2D eigenvalue weighted by atomic mass is 14.9. The Bertz CT molecular complexity index is 2380. The molecule has 0 aliphatic rings. The third-order valence-corrected chi connectivity index (χ3v) is 9.30. The smallest absolute Gasteiger partial charge is 0.161 e. The van der Waals surface area contributed by atoms with Crippen LogP contribution in [0.2, 0.25) is 0 Å². The van der Waals surface area contributed by atoms with E-state index in [4.69, 9.17) is 19.9 Å². The topological polar surface area (TPSA) is 77.3 Å². The van der Waals surface area contributed by atoms with Crippen molar-refractivity contribution in [1.82, 2.24) is 29.9 Å². The van der Waals surface area contributed by atoms with Gasteiger partial charge in [-0.1, -0.05) is 121 Å². The minimum atomic E-state index is 0.642. The van der Waals surface area contributed by atoms with Gasteiger partial charge in [-0.05, 0) is 70.8 Å². The Balaban J connectivity index is 1.04. The Hall–Kier alpha value is -7.44. The van der Waals surface area contributed by atoms with Gasteiger partial charge >= 0.3 is 0 Å². The summed E-state index contributed by atoms with van der Waals surface area (Å²) in [7, 11) is 0. The van der Waals surface area contributed by atoms with Gasteiger partial charge in [0.15, 0.2) is 11.6 Å². The van der Waals surface area contributed by atoms with E-state index in [-0.39, 0.29) is 0 Å². The summed E-state index contributed by atoms with van der Waals surface area (Å²) in [6.45, 7) is 0. The van der Waals surface area contributed by atoms with E-state index in [0.29, 0.717) is 11.6 Å². The van der Waals surface area contributed by atoms with E-state index >= 15 is 0 Å². The molecule has 0 unspecified atom stereocenters. The summed E-state index contributed by atoms with van der Waals surface area (Å²) < 4.78 is 0. The highest BCUT2D eigenvalue weighted by Gasteiger charge is 2.14. The molecular formula is C48H32N6. The fourth-order valence-electron chi connectivity index (χ4n) is 6.52. The number of hydrogen-bond acceptors (Lipinski definition) is 6. The maximum absolute atomic E-state index is 5.00. The van der Waals surface area contributed by atoms with Crippen molar-refractivity contribution in [3.8, 4) is 90.1 Å². The second kappa shape index (κ2) is 14.7. The van der Waals surface area contributed by atoms with Crippen molar-refractivity contribution in [2.45, 2.75) is 0 Å². The Morgan fingerprint density at radius 3 is 0.981 bits per heavy atom. The molecule has 9 rings (SSSR count). The van der Waals surface area contributed by atoms with Crippen molar-refractivity contribution in [3.05, 3.63) is 195 Å². The molecule has 6 nitrogen and oxygen atoms in total. The summed E-state index contributed by atoms with van der Waals surface area (Å²) >= 11 is 0. The summed E-state index contributed by atoms with van der Waals surface area (Å²) in [5, 5.41) is 0. The van der Waals surface area contributed by atoms with Crippen LogP contribution in [0.1, 0.15) is 0 Å². The van der Waals surface area contributed by atoms with Crippen LogP contribution in [0.3, 0.4) is 0 Å². The number of nitrogens with zero attached hydrogens (tertiary/aromatic N) is 6. The van der Waals surface area contributed by atoms with Gasteiger partial charge in [-0.3, -0.25) is 9.97 Å². The molecule has 0 atom stereocenters. The van der Waals surface area contributed by atoms with Gasteiger partial charge in [0.25, 0.3) is 0 Å². The molecule has 0 amide bonds. The molecule has 5 aromatic carbocycles. The summed E-state index contributed by atoms with van der Waals surface area (Å²) in [4.78, 5) is 28.5. The SMILES string of the molecule is c1ccc(-c2cc(-c3cccc(-c4ccc(-c5cccc(-c6cc(-c7ccccc7)nc(-c7cccnc7)n6)c5)cc4)c3)nc(-c3cccnc3)n2)cc1. The molecule has 0 aliphatic carbocycles. The molecule has 0 spiro atoms. The quantitative estimate of drug-likeness (QED) is 0.158. The fourth-order valence-corrected chi connectivity index (χ4v) is 6.52. The molecule has 0 saturated heterocycles. The number of benzene rings is 5. The lowest BCUT2D eigenvalue weighted by Crippen LogP contribution is -1.96. The van der Waals surface area contributed by atoms with Gasteiger partial charge < -0.3 is 0 Å². The van der Waals surface area contributed by atoms with Gasteiger partial charge in [-0.25, -0.2) is 19.9 Å². The second-order valence-corrected chi connectivity index (χ2v) is 12.9. The Labute approximate surface area is 313 Å². The third kappa shape index (κ3) is 6.92. The van der Waals surface area contributed by atoms with E-state index in [0.717, 1.165) is 78.4 Å². The predicted molar refractivity (Wildman–Crippen MR) is 217 cm³/mol. The zero-order valence-electron chi connectivity index (χ0n) is 29.2. The van der Waals surface area contributed by atoms with E-state index < -0.39 is 0 Å². The van der Waals surface area contributed by atoms with Crippen LogP contribution in [0.5, 0.6) is 0 Å². The van der Waals surface area contributed by atoms with Crippen molar-refractivity contribution >= 4 is 0 Å². The van der Waals surface area contributed by atoms with Crippen molar-refractivity contribution in [3.63, 3.8) is 0 Å². The molecule has 0 aliphatic heterocycles. The Kier molecular flexibility index (Phi) is 8.81. The molecule has 6 heteroatoms. The van der Waals surface area contributed by atoms with Crippen molar-refractivity contribution in [2.24, 2.45) is 0 Å². The Morgan fingerprint density at radius 2 is 0.593 bits per heavy atom. The highest BCUT2D eigenvalue weighted by molar-refractivity contribution is 5.79. The largest absolute Gasteiger partial charge is 0.264 e. The molecule has 0 radical (unpaired) electrons. The predicted octanol–water partition coefficient (Wildman–Crippen LogP) is 11.4. The third-order valence-electron chi connectivity index (χ3n) is 9.30. The first-order valence-electron chi connectivity index (χ1n) is 17.7. The number of hydrogen-bond donors (Lipinski definition) is 0. The number of pyridine rings is 2. The molecule has 0 fully saturated rings. The van der Waals surface area contributed by atoms with E-state index in [2.05, 4.69) is 119 Å². The van der Waals surface area contributed by atoms with Crippen LogP contribution in [0.4, 0.5) is 0 Å². The van der Waals surface area contributed by atoms with Gasteiger partial charge in [-0.2, -0.15) is 0 Å². The van der Waals surface area contributed by atoms with Crippen molar-refractivity contribution in [2.75, 3.05) is 0 Å². The first kappa shape index (κ1) is 32.5. The lowest BCUT2D eigenvalue weighted by atomic mass is 9.97. The first-order valence-corrected chi connectivity index (χ1v) is 17.7. The molecule has 4 aromatic heterocycles. The minimum absolute atomic E-state index is 0.642. The summed E-state index contributed by atoms with van der Waals surface area (Å²) in [6.07, 6.45) is 7.13. The van der Waals surface area contributed by atoms with Gasteiger partial charge in [0.05, 0.1) is 22.8 Å². The molecule has 54 heavy (non-hydrogen) atoms. The number of rotatable bonds is 8. The summed E-state index contributed by atoms with van der Waals surface area (Å²) in [5.74, 6) is 1.28. The average molecular weight is 693 g/mol. The molecular weight excluding hydrogens is 661 g/mol. The molecule has 0 N–H and O–H groups in total. The van der Waals surface area contributed by atoms with Gasteiger partial charge in [0, 0.05) is 58.2 Å². The fraction of sp³-hybridized carbons (Fsp3) is 0. The van der Waals surface area contributed by atoms with Crippen LogP contribution in [0.25, 0.3) is 90.1 Å². The maximum Gasteiger partial charge on any atom is 0.161 e. The standard InChI is InChI=1S/C48H32N6/c1-3-11-35(12-4-1)43-29-45(53-47(51-43)41-19-9-25-49-31-41)39-17-7-15-37(27-39)33-21-23-34(24-22-33)38-16-8-18-40(28-38)46-30-44(36-13-5-2-6-14-36)52-48(54-46)42-20-10-26-50-32-42/h1-32H. The van der Waals surface area contributed by atoms with E-state index in [9.17, 15) is 0 Å². The average Bonchev–Trinajstić information content (AvgIpc) is 3.27. The minimum Gasteiger partial charge on any atom is -0.264 e. The molecule has 0 saturated carbocycles. The van der Waals surface area contributed by atoms with E-state index in [1.165, 1.54) is 0 Å². The monoisotopic (exact) mass is 692 g/mol. The van der Waals surface area contributed by atoms with E-state index in [1.54, 1.807) is 24.8 Å². The summed E-state index contributed by atoms with van der Waals surface area (Å²) in [6, 6.07) is 58.1. The first-order chi connectivity index (χ1) is 26.7. The molecule has 4 heterocycles.